The van der Waals surface area contributed by atoms with Crippen LogP contribution in [0.2, 0.25) is 10.0 Å². The van der Waals surface area contributed by atoms with E-state index < -0.39 is 5.60 Å². The van der Waals surface area contributed by atoms with Crippen LogP contribution in [0.5, 0.6) is 5.75 Å². The first-order valence-electron chi connectivity index (χ1n) is 10.9. The molecule has 0 aromatic heterocycles. The predicted octanol–water partition coefficient (Wildman–Crippen LogP) is 5.04. The molecule has 0 bridgehead atoms. The van der Waals surface area contributed by atoms with Crippen molar-refractivity contribution in [3.8, 4) is 5.75 Å². The number of carbonyl (C=O) groups excluding carboxylic acids is 2. The minimum atomic E-state index is -0.532. The van der Waals surface area contributed by atoms with E-state index >= 15 is 0 Å². The Hall–Kier alpha value is -1.66. The van der Waals surface area contributed by atoms with Crippen molar-refractivity contribution in [2.45, 2.75) is 52.1 Å². The van der Waals surface area contributed by atoms with Gasteiger partial charge in [-0.3, -0.25) is 4.79 Å². The highest BCUT2D eigenvalue weighted by molar-refractivity contribution is 6.42. The summed E-state index contributed by atoms with van der Waals surface area (Å²) in [5.74, 6) is 1.16. The Labute approximate surface area is 194 Å². The molecular formula is C23H32Cl2N2O4. The van der Waals surface area contributed by atoms with Gasteiger partial charge in [-0.15, -0.1) is 0 Å². The molecule has 3 rings (SSSR count). The number of hydrogen-bond donors (Lipinski definition) is 0. The van der Waals surface area contributed by atoms with Crippen molar-refractivity contribution in [3.05, 3.63) is 27.7 Å². The number of hydrogen-bond acceptors (Lipinski definition) is 4. The van der Waals surface area contributed by atoms with Gasteiger partial charge in [-0.25, -0.2) is 4.79 Å². The second-order valence-corrected chi connectivity index (χ2v) is 10.2. The standard InChI is InChI=1S/C23H32Cl2N2O4/c1-23(2,3)31-22(29)27-12-9-16(14-27)21(28)26-10-7-15(8-11-26)13-17-19(30-4)6-5-18(24)20(17)25/h5-6,15-16H,7-14H2,1-4H3/t16-/m1/s1. The normalized spacial score (nSPS) is 20.1. The summed E-state index contributed by atoms with van der Waals surface area (Å²) in [6, 6.07) is 3.59. The second-order valence-electron chi connectivity index (χ2n) is 9.43. The van der Waals surface area contributed by atoms with Crippen molar-refractivity contribution in [3.63, 3.8) is 0 Å². The van der Waals surface area contributed by atoms with E-state index in [-0.39, 0.29) is 17.9 Å². The molecule has 6 nitrogen and oxygen atoms in total. The SMILES string of the molecule is COc1ccc(Cl)c(Cl)c1CC1CCN(C(=O)[C@@H]2CCN(C(=O)OC(C)(C)C)C2)CC1. The van der Waals surface area contributed by atoms with Crippen molar-refractivity contribution in [2.24, 2.45) is 11.8 Å². The summed E-state index contributed by atoms with van der Waals surface area (Å²) in [4.78, 5) is 28.9. The van der Waals surface area contributed by atoms with Gasteiger partial charge in [0.25, 0.3) is 0 Å². The Morgan fingerprint density at radius 1 is 1.06 bits per heavy atom. The predicted molar refractivity (Wildman–Crippen MR) is 122 cm³/mol. The number of amides is 2. The average Bonchev–Trinajstić information content (AvgIpc) is 3.21. The van der Waals surface area contributed by atoms with E-state index in [0.29, 0.717) is 48.6 Å². The first-order chi connectivity index (χ1) is 14.6. The number of likely N-dealkylation sites (tertiary alicyclic amines) is 2. The molecular weight excluding hydrogens is 439 g/mol. The van der Waals surface area contributed by atoms with Crippen molar-refractivity contribution in [1.29, 1.82) is 0 Å². The van der Waals surface area contributed by atoms with Crippen LogP contribution in [-0.4, -0.2) is 60.7 Å². The van der Waals surface area contributed by atoms with Crippen LogP contribution in [0.1, 0.15) is 45.6 Å². The van der Waals surface area contributed by atoms with Gasteiger partial charge in [0.15, 0.2) is 0 Å². The molecule has 2 heterocycles. The molecule has 1 aromatic rings. The highest BCUT2D eigenvalue weighted by atomic mass is 35.5. The Kier molecular flexibility index (Phi) is 7.63. The molecule has 0 N–H and O–H groups in total. The van der Waals surface area contributed by atoms with Crippen molar-refractivity contribution in [1.82, 2.24) is 9.80 Å². The minimum Gasteiger partial charge on any atom is -0.496 e. The maximum Gasteiger partial charge on any atom is 0.410 e. The smallest absolute Gasteiger partial charge is 0.410 e. The summed E-state index contributed by atoms with van der Waals surface area (Å²) in [6.45, 7) is 7.97. The summed E-state index contributed by atoms with van der Waals surface area (Å²) >= 11 is 12.6. The zero-order valence-corrected chi connectivity index (χ0v) is 20.3. The molecule has 2 fully saturated rings. The van der Waals surface area contributed by atoms with Crippen LogP contribution in [0.25, 0.3) is 0 Å². The molecule has 2 aliphatic heterocycles. The summed E-state index contributed by atoms with van der Waals surface area (Å²) < 4.78 is 10.9. The Balaban J connectivity index is 1.52. The summed E-state index contributed by atoms with van der Waals surface area (Å²) in [5, 5.41) is 1.08. The Bertz CT molecular complexity index is 817. The summed E-state index contributed by atoms with van der Waals surface area (Å²) in [7, 11) is 1.63. The molecule has 2 amide bonds. The average molecular weight is 471 g/mol. The molecule has 172 valence electrons. The Morgan fingerprint density at radius 2 is 1.71 bits per heavy atom. The molecule has 2 aliphatic rings. The molecule has 2 saturated heterocycles. The lowest BCUT2D eigenvalue weighted by molar-refractivity contribution is -0.136. The monoisotopic (exact) mass is 470 g/mol. The Morgan fingerprint density at radius 3 is 2.32 bits per heavy atom. The first-order valence-corrected chi connectivity index (χ1v) is 11.6. The molecule has 0 radical (unpaired) electrons. The lowest BCUT2D eigenvalue weighted by Crippen LogP contribution is -2.43. The number of halogens is 2. The van der Waals surface area contributed by atoms with E-state index in [9.17, 15) is 9.59 Å². The molecule has 0 saturated carbocycles. The maximum atomic E-state index is 13.0. The number of rotatable bonds is 4. The van der Waals surface area contributed by atoms with Gasteiger partial charge in [0.05, 0.1) is 23.1 Å². The molecule has 0 spiro atoms. The van der Waals surface area contributed by atoms with Gasteiger partial charge in [0.2, 0.25) is 5.91 Å². The van der Waals surface area contributed by atoms with Gasteiger partial charge < -0.3 is 19.3 Å². The summed E-state index contributed by atoms with van der Waals surface area (Å²) in [6.07, 6.45) is 2.93. The molecule has 1 aromatic carbocycles. The third-order valence-corrected chi connectivity index (χ3v) is 6.82. The third-order valence-electron chi connectivity index (χ3n) is 5.98. The topological polar surface area (TPSA) is 59.1 Å². The van der Waals surface area contributed by atoms with Crippen LogP contribution in [-0.2, 0) is 16.0 Å². The number of methoxy groups -OCH3 is 1. The van der Waals surface area contributed by atoms with Crippen LogP contribution in [0.4, 0.5) is 4.79 Å². The van der Waals surface area contributed by atoms with Gasteiger partial charge in [-0.2, -0.15) is 0 Å². The zero-order valence-electron chi connectivity index (χ0n) is 18.7. The number of carbonyl (C=O) groups is 2. The summed E-state index contributed by atoms with van der Waals surface area (Å²) in [5.41, 5.74) is 0.403. The van der Waals surface area contributed by atoms with Crippen molar-refractivity contribution < 1.29 is 19.1 Å². The minimum absolute atomic E-state index is 0.142. The molecule has 0 unspecified atom stereocenters. The maximum absolute atomic E-state index is 13.0. The van der Waals surface area contributed by atoms with Gasteiger partial charge >= 0.3 is 6.09 Å². The van der Waals surface area contributed by atoms with Gasteiger partial charge in [0, 0.05) is 31.7 Å². The first kappa shape index (κ1) is 24.0. The largest absolute Gasteiger partial charge is 0.496 e. The molecule has 31 heavy (non-hydrogen) atoms. The zero-order chi connectivity index (χ0) is 22.8. The fraction of sp³-hybridized carbons (Fsp3) is 0.652. The molecule has 8 heteroatoms. The van der Waals surface area contributed by atoms with Crippen LogP contribution in [0.15, 0.2) is 12.1 Å². The third kappa shape index (κ3) is 5.98. The number of piperidine rings is 1. The van der Waals surface area contributed by atoms with E-state index in [1.54, 1.807) is 18.1 Å². The van der Waals surface area contributed by atoms with E-state index in [0.717, 1.165) is 30.6 Å². The highest BCUT2D eigenvalue weighted by Crippen LogP contribution is 2.36. The number of nitrogens with zero attached hydrogens (tertiary/aromatic N) is 2. The number of benzene rings is 1. The van der Waals surface area contributed by atoms with Crippen molar-refractivity contribution in [2.75, 3.05) is 33.3 Å². The van der Waals surface area contributed by atoms with Crippen molar-refractivity contribution >= 4 is 35.2 Å². The van der Waals surface area contributed by atoms with E-state index in [1.807, 2.05) is 31.7 Å². The van der Waals surface area contributed by atoms with Gasteiger partial charge in [-0.05, 0) is 64.5 Å². The van der Waals surface area contributed by atoms with Crippen LogP contribution < -0.4 is 4.74 Å². The quantitative estimate of drug-likeness (QED) is 0.618. The fourth-order valence-corrected chi connectivity index (χ4v) is 4.73. The van der Waals surface area contributed by atoms with Crippen LogP contribution >= 0.6 is 23.2 Å². The van der Waals surface area contributed by atoms with Gasteiger partial charge in [0.1, 0.15) is 11.4 Å². The van der Waals surface area contributed by atoms with E-state index in [4.69, 9.17) is 32.7 Å². The number of ether oxygens (including phenoxy) is 2. The highest BCUT2D eigenvalue weighted by Gasteiger charge is 2.36. The van der Waals surface area contributed by atoms with Crippen LogP contribution in [0.3, 0.4) is 0 Å². The lowest BCUT2D eigenvalue weighted by atomic mass is 9.89. The molecule has 1 atom stereocenters. The van der Waals surface area contributed by atoms with Crippen LogP contribution in [0, 0.1) is 11.8 Å². The van der Waals surface area contributed by atoms with E-state index in [1.165, 1.54) is 0 Å². The lowest BCUT2D eigenvalue weighted by Gasteiger charge is -2.34. The molecule has 0 aliphatic carbocycles. The second kappa shape index (κ2) is 9.86. The van der Waals surface area contributed by atoms with E-state index in [2.05, 4.69) is 0 Å². The fourth-order valence-electron chi connectivity index (χ4n) is 4.31. The van der Waals surface area contributed by atoms with Gasteiger partial charge in [-0.1, -0.05) is 23.2 Å².